The highest BCUT2D eigenvalue weighted by atomic mass is 127. The fraction of sp³-hybridized carbons (Fsp3) is 0.0800. The van der Waals surface area contributed by atoms with E-state index < -0.39 is 5.91 Å². The van der Waals surface area contributed by atoms with Crippen molar-refractivity contribution < 1.29 is 19.1 Å². The first-order valence-electron chi connectivity index (χ1n) is 10.2. The molecule has 2 amide bonds. The van der Waals surface area contributed by atoms with Gasteiger partial charge in [-0.3, -0.25) is 14.5 Å². The summed E-state index contributed by atoms with van der Waals surface area (Å²) < 4.78 is 11.7. The number of nitrogens with two attached hydrogens (primary N) is 1. The molecule has 1 saturated heterocycles. The van der Waals surface area contributed by atoms with Gasteiger partial charge in [-0.1, -0.05) is 36.4 Å². The molecule has 0 unspecified atom stereocenters. The smallest absolute Gasteiger partial charge is 0.271 e. The summed E-state index contributed by atoms with van der Waals surface area (Å²) >= 11 is 3.39. The largest absolute Gasteiger partial charge is 0.493 e. The molecule has 1 aliphatic heterocycles. The Morgan fingerprint density at radius 1 is 1.12 bits per heavy atom. The number of carbonyl (C=O) groups is 2. The number of amides is 2. The normalized spacial score (nSPS) is 15.7. The number of ether oxygens (including phenoxy) is 2. The Morgan fingerprint density at radius 2 is 1.79 bits per heavy atom. The Balaban J connectivity index is 1.72. The van der Waals surface area contributed by atoms with Crippen LogP contribution in [0, 0.1) is 3.57 Å². The molecule has 3 aromatic carbocycles. The first-order chi connectivity index (χ1) is 16.5. The van der Waals surface area contributed by atoms with Crippen LogP contribution in [0.4, 0.5) is 11.4 Å². The number of amidine groups is 1. The molecular formula is C25H20IN3O4S. The highest BCUT2D eigenvalue weighted by molar-refractivity contribution is 14.1. The molecule has 9 heteroatoms. The van der Waals surface area contributed by atoms with Crippen molar-refractivity contribution in [3.05, 3.63) is 86.8 Å². The number of benzene rings is 3. The van der Waals surface area contributed by atoms with Crippen molar-refractivity contribution in [1.29, 1.82) is 0 Å². The van der Waals surface area contributed by atoms with E-state index in [1.165, 1.54) is 18.9 Å². The molecule has 1 heterocycles. The van der Waals surface area contributed by atoms with E-state index in [0.717, 1.165) is 20.5 Å². The van der Waals surface area contributed by atoms with Gasteiger partial charge in [-0.05, 0) is 82.4 Å². The van der Waals surface area contributed by atoms with Gasteiger partial charge in [0.25, 0.3) is 11.8 Å². The molecule has 0 aromatic heterocycles. The van der Waals surface area contributed by atoms with E-state index in [-0.39, 0.29) is 12.5 Å². The van der Waals surface area contributed by atoms with E-state index in [9.17, 15) is 9.59 Å². The first kappa shape index (κ1) is 23.8. The van der Waals surface area contributed by atoms with Gasteiger partial charge in [0.2, 0.25) is 0 Å². The summed E-state index contributed by atoms with van der Waals surface area (Å²) in [6, 6.07) is 22.5. The number of halogens is 1. The average Bonchev–Trinajstić information content (AvgIpc) is 3.13. The van der Waals surface area contributed by atoms with Crippen LogP contribution in [0.5, 0.6) is 11.5 Å². The predicted molar refractivity (Wildman–Crippen MR) is 143 cm³/mol. The fourth-order valence-electron chi connectivity index (χ4n) is 3.22. The third-order valence-corrected chi connectivity index (χ3v) is 6.48. The Labute approximate surface area is 214 Å². The molecule has 0 saturated carbocycles. The van der Waals surface area contributed by atoms with Crippen molar-refractivity contribution in [2.75, 3.05) is 18.6 Å². The second kappa shape index (κ2) is 10.7. The minimum atomic E-state index is -0.580. The number of carbonyl (C=O) groups excluding carboxylic acids is 2. The lowest BCUT2D eigenvalue weighted by molar-refractivity contribution is -0.120. The van der Waals surface area contributed by atoms with E-state index in [0.29, 0.717) is 21.6 Å². The molecule has 7 nitrogen and oxygen atoms in total. The van der Waals surface area contributed by atoms with Gasteiger partial charge in [-0.25, -0.2) is 4.99 Å². The van der Waals surface area contributed by atoms with E-state index in [1.807, 2.05) is 66.7 Å². The number of primary amides is 1. The minimum Gasteiger partial charge on any atom is -0.493 e. The molecule has 172 valence electrons. The van der Waals surface area contributed by atoms with Crippen molar-refractivity contribution >= 4 is 68.8 Å². The SMILES string of the molecule is COc1cc(/C=C2\SC(=Nc3ccccc3)N(c3ccccc3)C2=O)cc(I)c1OCC(N)=O. The number of para-hydroxylation sites is 2. The van der Waals surface area contributed by atoms with Gasteiger partial charge in [0.15, 0.2) is 23.3 Å². The van der Waals surface area contributed by atoms with Gasteiger partial charge in [-0.15, -0.1) is 0 Å². The van der Waals surface area contributed by atoms with Gasteiger partial charge < -0.3 is 15.2 Å². The lowest BCUT2D eigenvalue weighted by Crippen LogP contribution is -2.28. The maximum absolute atomic E-state index is 13.4. The quantitative estimate of drug-likeness (QED) is 0.312. The highest BCUT2D eigenvalue weighted by Crippen LogP contribution is 2.39. The molecule has 4 rings (SSSR count). The number of rotatable bonds is 7. The molecular weight excluding hydrogens is 565 g/mol. The summed E-state index contributed by atoms with van der Waals surface area (Å²) in [5.41, 5.74) is 7.43. The molecule has 0 spiro atoms. The Kier molecular flexibility index (Phi) is 7.53. The average molecular weight is 585 g/mol. The topological polar surface area (TPSA) is 94.2 Å². The molecule has 0 radical (unpaired) electrons. The lowest BCUT2D eigenvalue weighted by atomic mass is 10.1. The second-order valence-electron chi connectivity index (χ2n) is 7.11. The fourth-order valence-corrected chi connectivity index (χ4v) is 5.01. The third-order valence-electron chi connectivity index (χ3n) is 4.71. The van der Waals surface area contributed by atoms with Crippen LogP contribution in [0.2, 0.25) is 0 Å². The minimum absolute atomic E-state index is 0.172. The summed E-state index contributed by atoms with van der Waals surface area (Å²) in [5.74, 6) is 0.109. The van der Waals surface area contributed by atoms with Crippen molar-refractivity contribution in [2.45, 2.75) is 0 Å². The van der Waals surface area contributed by atoms with Crippen LogP contribution in [0.1, 0.15) is 5.56 Å². The molecule has 0 bridgehead atoms. The van der Waals surface area contributed by atoms with Crippen molar-refractivity contribution in [1.82, 2.24) is 0 Å². The highest BCUT2D eigenvalue weighted by Gasteiger charge is 2.34. The number of hydrogen-bond donors (Lipinski definition) is 1. The van der Waals surface area contributed by atoms with Crippen LogP contribution < -0.4 is 20.1 Å². The lowest BCUT2D eigenvalue weighted by Gasteiger charge is -2.15. The number of methoxy groups -OCH3 is 1. The van der Waals surface area contributed by atoms with Crippen LogP contribution >= 0.6 is 34.4 Å². The van der Waals surface area contributed by atoms with Crippen LogP contribution in [0.15, 0.2) is 82.7 Å². The van der Waals surface area contributed by atoms with Crippen LogP contribution in [-0.2, 0) is 9.59 Å². The number of anilines is 1. The zero-order chi connectivity index (χ0) is 24.1. The van der Waals surface area contributed by atoms with E-state index in [1.54, 1.807) is 17.0 Å². The summed E-state index contributed by atoms with van der Waals surface area (Å²) in [7, 11) is 1.51. The summed E-state index contributed by atoms with van der Waals surface area (Å²) in [4.78, 5) is 31.4. The third kappa shape index (κ3) is 5.42. The van der Waals surface area contributed by atoms with Gasteiger partial charge in [0.1, 0.15) is 0 Å². The Morgan fingerprint density at radius 3 is 2.44 bits per heavy atom. The molecule has 34 heavy (non-hydrogen) atoms. The molecule has 1 aliphatic rings. The van der Waals surface area contributed by atoms with Gasteiger partial charge >= 0.3 is 0 Å². The van der Waals surface area contributed by atoms with Crippen molar-refractivity contribution in [3.8, 4) is 11.5 Å². The summed E-state index contributed by atoms with van der Waals surface area (Å²) in [6.45, 7) is -0.257. The summed E-state index contributed by atoms with van der Waals surface area (Å²) in [6.07, 6.45) is 1.79. The predicted octanol–water partition coefficient (Wildman–Crippen LogP) is 4.97. The zero-order valence-corrected chi connectivity index (χ0v) is 21.1. The zero-order valence-electron chi connectivity index (χ0n) is 18.1. The van der Waals surface area contributed by atoms with E-state index in [2.05, 4.69) is 22.6 Å². The van der Waals surface area contributed by atoms with Gasteiger partial charge in [-0.2, -0.15) is 0 Å². The molecule has 2 N–H and O–H groups in total. The van der Waals surface area contributed by atoms with Crippen molar-refractivity contribution in [2.24, 2.45) is 10.7 Å². The molecule has 3 aromatic rings. The van der Waals surface area contributed by atoms with Crippen LogP contribution in [-0.4, -0.2) is 30.7 Å². The molecule has 0 aliphatic carbocycles. The molecule has 1 fully saturated rings. The van der Waals surface area contributed by atoms with E-state index >= 15 is 0 Å². The van der Waals surface area contributed by atoms with Gasteiger partial charge in [0, 0.05) is 0 Å². The first-order valence-corrected chi connectivity index (χ1v) is 12.1. The molecule has 0 atom stereocenters. The Bertz CT molecular complexity index is 1280. The number of nitrogens with zero attached hydrogens (tertiary/aromatic N) is 2. The summed E-state index contributed by atoms with van der Waals surface area (Å²) in [5, 5.41) is 0.566. The number of thioether (sulfide) groups is 1. The van der Waals surface area contributed by atoms with Crippen LogP contribution in [0.25, 0.3) is 6.08 Å². The van der Waals surface area contributed by atoms with Gasteiger partial charge in [0.05, 0.1) is 27.0 Å². The van der Waals surface area contributed by atoms with Crippen LogP contribution in [0.3, 0.4) is 0 Å². The van der Waals surface area contributed by atoms with E-state index in [4.69, 9.17) is 20.2 Å². The monoisotopic (exact) mass is 585 g/mol. The number of aliphatic imine (C=N–C) groups is 1. The number of hydrogen-bond acceptors (Lipinski definition) is 6. The maximum atomic E-state index is 13.4. The van der Waals surface area contributed by atoms with Crippen molar-refractivity contribution in [3.63, 3.8) is 0 Å². The Hall–Kier alpha value is -3.31. The maximum Gasteiger partial charge on any atom is 0.271 e. The standard InChI is InChI=1S/C25H20IN3O4S/c1-32-20-13-16(12-19(26)23(20)33-15-22(27)30)14-21-24(31)29(18-10-6-3-7-11-18)25(34-21)28-17-8-4-2-5-9-17/h2-14H,15H2,1H3,(H2,27,30)/b21-14-,28-25?. The second-order valence-corrected chi connectivity index (χ2v) is 9.28.